The molecular formula is C17H14NO5-. The number of hydrogen-bond donors (Lipinski definition) is 1. The summed E-state index contributed by atoms with van der Waals surface area (Å²) < 4.78 is 10.8. The van der Waals surface area contributed by atoms with E-state index >= 15 is 0 Å². The average Bonchev–Trinajstić information content (AvgIpc) is 2.54. The van der Waals surface area contributed by atoms with Gasteiger partial charge in [-0.25, -0.2) is 0 Å². The summed E-state index contributed by atoms with van der Waals surface area (Å²) in [5, 5.41) is 13.9. The minimum absolute atomic E-state index is 0.113. The van der Waals surface area contributed by atoms with Crippen LogP contribution >= 0.6 is 0 Å². The molecule has 0 atom stereocenters. The number of aromatic carboxylic acids is 1. The van der Waals surface area contributed by atoms with E-state index in [1.165, 1.54) is 12.1 Å². The average molecular weight is 312 g/mol. The Bertz CT molecular complexity index is 785. The van der Waals surface area contributed by atoms with Gasteiger partial charge in [0.05, 0.1) is 11.7 Å². The summed E-state index contributed by atoms with van der Waals surface area (Å²) in [5.41, 5.74) is 1.21. The molecule has 1 heterocycles. The molecule has 6 heteroatoms. The highest BCUT2D eigenvalue weighted by molar-refractivity contribution is 6.08. The summed E-state index contributed by atoms with van der Waals surface area (Å²) in [4.78, 5) is 23.7. The number of anilines is 1. The molecule has 0 aromatic heterocycles. The second-order valence-electron chi connectivity index (χ2n) is 5.10. The van der Waals surface area contributed by atoms with Crippen molar-refractivity contribution in [3.63, 3.8) is 0 Å². The Balaban J connectivity index is 1.97. The molecule has 0 saturated heterocycles. The maximum Gasteiger partial charge on any atom is 0.255 e. The highest BCUT2D eigenvalue weighted by atomic mass is 16.6. The van der Waals surface area contributed by atoms with Crippen LogP contribution in [0.4, 0.5) is 5.69 Å². The van der Waals surface area contributed by atoms with Crippen molar-refractivity contribution in [3.8, 4) is 11.5 Å². The predicted molar refractivity (Wildman–Crippen MR) is 80.9 cm³/mol. The zero-order valence-corrected chi connectivity index (χ0v) is 12.4. The van der Waals surface area contributed by atoms with Crippen molar-refractivity contribution in [3.05, 3.63) is 53.1 Å². The summed E-state index contributed by atoms with van der Waals surface area (Å²) in [6.45, 7) is 2.51. The van der Waals surface area contributed by atoms with E-state index in [0.717, 1.165) is 5.56 Å². The van der Waals surface area contributed by atoms with Crippen molar-refractivity contribution >= 4 is 17.6 Å². The molecule has 0 spiro atoms. The van der Waals surface area contributed by atoms with Crippen LogP contribution in [0.1, 0.15) is 26.3 Å². The summed E-state index contributed by atoms with van der Waals surface area (Å²) in [5.74, 6) is -1.09. The fraction of sp³-hybridized carbons (Fsp3) is 0.176. The van der Waals surface area contributed by atoms with Gasteiger partial charge in [-0.3, -0.25) is 4.79 Å². The monoisotopic (exact) mass is 312 g/mol. The van der Waals surface area contributed by atoms with Crippen LogP contribution in [-0.2, 0) is 0 Å². The molecule has 3 rings (SSSR count). The molecule has 1 aliphatic rings. The van der Waals surface area contributed by atoms with Crippen molar-refractivity contribution in [1.29, 1.82) is 0 Å². The number of fused-ring (bicyclic) bond motifs is 1. The Kier molecular flexibility index (Phi) is 3.89. The second-order valence-corrected chi connectivity index (χ2v) is 5.10. The van der Waals surface area contributed by atoms with Crippen molar-refractivity contribution in [2.24, 2.45) is 0 Å². The minimum atomic E-state index is -1.40. The molecule has 0 aliphatic carbocycles. The highest BCUT2D eigenvalue weighted by Gasteiger charge is 2.18. The van der Waals surface area contributed by atoms with Crippen LogP contribution in [0.2, 0.25) is 0 Å². The van der Waals surface area contributed by atoms with Gasteiger partial charge < -0.3 is 24.7 Å². The second kappa shape index (κ2) is 6.00. The van der Waals surface area contributed by atoms with Gasteiger partial charge >= 0.3 is 0 Å². The van der Waals surface area contributed by atoms with Gasteiger partial charge in [0, 0.05) is 17.2 Å². The molecule has 118 valence electrons. The van der Waals surface area contributed by atoms with Crippen molar-refractivity contribution in [1.82, 2.24) is 0 Å². The van der Waals surface area contributed by atoms with Gasteiger partial charge in [-0.2, -0.15) is 0 Å². The number of carboxylic acid groups (broad SMARTS) is 1. The number of benzene rings is 2. The Morgan fingerprint density at radius 1 is 1.04 bits per heavy atom. The number of aryl methyl sites for hydroxylation is 1. The van der Waals surface area contributed by atoms with Crippen molar-refractivity contribution in [2.45, 2.75) is 6.92 Å². The number of carbonyl (C=O) groups is 2. The van der Waals surface area contributed by atoms with E-state index in [1.807, 2.05) is 6.07 Å². The van der Waals surface area contributed by atoms with Crippen LogP contribution in [0, 0.1) is 6.92 Å². The number of nitrogens with one attached hydrogen (secondary N) is 1. The van der Waals surface area contributed by atoms with Crippen LogP contribution < -0.4 is 19.9 Å². The Labute approximate surface area is 132 Å². The first kappa shape index (κ1) is 14.9. The standard InChI is InChI=1S/C17H15NO5/c1-10-4-2-3-5-11(10)16(19)18-13-9-15-14(22-6-7-23-15)8-12(13)17(20)21/h2-5,8-9H,6-7H2,1H3,(H,18,19)(H,20,21)/p-1. The molecule has 1 N–H and O–H groups in total. The number of amides is 1. The Morgan fingerprint density at radius 2 is 1.70 bits per heavy atom. The van der Waals surface area contributed by atoms with Crippen LogP contribution in [0.15, 0.2) is 36.4 Å². The van der Waals surface area contributed by atoms with E-state index < -0.39 is 11.9 Å². The Hall–Kier alpha value is -3.02. The quantitative estimate of drug-likeness (QED) is 0.925. The lowest BCUT2D eigenvalue weighted by Crippen LogP contribution is -2.26. The van der Waals surface area contributed by atoms with Gasteiger partial charge in [-0.15, -0.1) is 0 Å². The lowest BCUT2D eigenvalue weighted by molar-refractivity contribution is -0.254. The van der Waals surface area contributed by atoms with E-state index in [1.54, 1.807) is 25.1 Å². The first-order valence-electron chi connectivity index (χ1n) is 7.08. The summed E-state index contributed by atoms with van der Waals surface area (Å²) in [7, 11) is 0. The van der Waals surface area contributed by atoms with E-state index in [0.29, 0.717) is 30.3 Å². The third-order valence-corrected chi connectivity index (χ3v) is 3.54. The summed E-state index contributed by atoms with van der Waals surface area (Å²) in [6, 6.07) is 9.78. The maximum atomic E-state index is 12.4. The van der Waals surface area contributed by atoms with Crippen LogP contribution in [0.25, 0.3) is 0 Å². The fourth-order valence-electron chi connectivity index (χ4n) is 2.38. The van der Waals surface area contributed by atoms with Gasteiger partial charge in [-0.05, 0) is 24.6 Å². The van der Waals surface area contributed by atoms with E-state index in [-0.39, 0.29) is 11.3 Å². The molecule has 2 aromatic carbocycles. The highest BCUT2D eigenvalue weighted by Crippen LogP contribution is 2.35. The number of hydrogen-bond acceptors (Lipinski definition) is 5. The SMILES string of the molecule is Cc1ccccc1C(=O)Nc1cc2c(cc1C(=O)[O-])OCCO2. The maximum absolute atomic E-state index is 12.4. The largest absolute Gasteiger partial charge is 0.545 e. The van der Waals surface area contributed by atoms with Crippen molar-refractivity contribution < 1.29 is 24.2 Å². The molecule has 0 saturated carbocycles. The van der Waals surface area contributed by atoms with Crippen LogP contribution in [0.3, 0.4) is 0 Å². The molecule has 2 aromatic rings. The molecule has 1 aliphatic heterocycles. The zero-order chi connectivity index (χ0) is 16.4. The molecule has 23 heavy (non-hydrogen) atoms. The first-order chi connectivity index (χ1) is 11.1. The zero-order valence-electron chi connectivity index (χ0n) is 12.4. The third-order valence-electron chi connectivity index (χ3n) is 3.54. The number of carboxylic acids is 1. The van der Waals surface area contributed by atoms with Crippen LogP contribution in [-0.4, -0.2) is 25.1 Å². The molecule has 0 fully saturated rings. The van der Waals surface area contributed by atoms with Gasteiger partial charge in [-0.1, -0.05) is 18.2 Å². The van der Waals surface area contributed by atoms with Gasteiger partial charge in [0.15, 0.2) is 11.5 Å². The van der Waals surface area contributed by atoms with E-state index in [2.05, 4.69) is 5.32 Å². The van der Waals surface area contributed by atoms with E-state index in [4.69, 9.17) is 9.47 Å². The molecule has 0 unspecified atom stereocenters. The van der Waals surface area contributed by atoms with Crippen LogP contribution in [0.5, 0.6) is 11.5 Å². The molecule has 0 radical (unpaired) electrons. The normalized spacial score (nSPS) is 12.6. The minimum Gasteiger partial charge on any atom is -0.545 e. The third kappa shape index (κ3) is 2.96. The number of carbonyl (C=O) groups excluding carboxylic acids is 2. The Morgan fingerprint density at radius 3 is 2.35 bits per heavy atom. The fourth-order valence-corrected chi connectivity index (χ4v) is 2.38. The smallest absolute Gasteiger partial charge is 0.255 e. The summed E-state index contributed by atoms with van der Waals surface area (Å²) >= 11 is 0. The lowest BCUT2D eigenvalue weighted by Gasteiger charge is -2.22. The lowest BCUT2D eigenvalue weighted by atomic mass is 10.1. The molecule has 0 bridgehead atoms. The predicted octanol–water partition coefficient (Wildman–Crippen LogP) is 1.38. The summed E-state index contributed by atoms with van der Waals surface area (Å²) in [6.07, 6.45) is 0. The number of ether oxygens (including phenoxy) is 2. The molecular weight excluding hydrogens is 298 g/mol. The topological polar surface area (TPSA) is 87.7 Å². The van der Waals surface area contributed by atoms with Gasteiger partial charge in [0.2, 0.25) is 0 Å². The number of rotatable bonds is 3. The molecule has 1 amide bonds. The van der Waals surface area contributed by atoms with E-state index in [9.17, 15) is 14.7 Å². The van der Waals surface area contributed by atoms with Crippen molar-refractivity contribution in [2.75, 3.05) is 18.5 Å². The first-order valence-corrected chi connectivity index (χ1v) is 7.08. The van der Waals surface area contributed by atoms with Gasteiger partial charge in [0.25, 0.3) is 5.91 Å². The molecule has 6 nitrogen and oxygen atoms in total. The van der Waals surface area contributed by atoms with Gasteiger partial charge in [0.1, 0.15) is 13.2 Å².